The monoisotopic (exact) mass is 343 g/mol. The lowest BCUT2D eigenvalue weighted by Gasteiger charge is -2.36. The molecule has 2 unspecified atom stereocenters. The second-order valence-electron chi connectivity index (χ2n) is 4.62. The third-order valence-corrected chi connectivity index (χ3v) is 4.68. The molecule has 0 aromatic heterocycles. The normalized spacial score (nSPS) is 23.4. The number of benzene rings is 1. The molecule has 3 nitrogen and oxygen atoms in total. The summed E-state index contributed by atoms with van der Waals surface area (Å²) in [6.45, 7) is 3.39. The van der Waals surface area contributed by atoms with E-state index in [1.165, 1.54) is 0 Å². The molecule has 19 heavy (non-hydrogen) atoms. The number of thioether (sulfide) groups is 1. The number of hydrogen-bond donors (Lipinski definition) is 0. The number of morpholine rings is 1. The average molecular weight is 344 g/mol. The first kappa shape index (κ1) is 14.9. The van der Waals surface area contributed by atoms with Gasteiger partial charge in [0.15, 0.2) is 0 Å². The molecule has 1 fully saturated rings. The van der Waals surface area contributed by atoms with Crippen molar-refractivity contribution in [3.05, 3.63) is 30.3 Å². The molecule has 0 radical (unpaired) electrons. The molecule has 2 rings (SSSR count). The fourth-order valence-electron chi connectivity index (χ4n) is 2.09. The average Bonchev–Trinajstić information content (AvgIpc) is 2.45. The van der Waals surface area contributed by atoms with Crippen LogP contribution in [0.25, 0.3) is 0 Å². The highest BCUT2D eigenvalue weighted by molar-refractivity contribution is 9.09. The number of carbonyl (C=O) groups excluding carboxylic acids is 1. The summed E-state index contributed by atoms with van der Waals surface area (Å²) in [4.78, 5) is 15.3. The van der Waals surface area contributed by atoms with Gasteiger partial charge in [-0.05, 0) is 19.1 Å². The lowest BCUT2D eigenvalue weighted by atomic mass is 10.2. The first-order valence-corrected chi connectivity index (χ1v) is 8.47. The molecule has 1 aromatic carbocycles. The quantitative estimate of drug-likeness (QED) is 0.621. The SMILES string of the molecule is CC1CN(C(=O)CSc2ccccc2)CC(CBr)O1. The van der Waals surface area contributed by atoms with Crippen LogP contribution in [0.15, 0.2) is 35.2 Å². The Balaban J connectivity index is 1.85. The summed E-state index contributed by atoms with van der Waals surface area (Å²) in [5.74, 6) is 0.682. The first-order valence-electron chi connectivity index (χ1n) is 6.36. The van der Waals surface area contributed by atoms with Gasteiger partial charge in [-0.25, -0.2) is 0 Å². The number of halogens is 1. The van der Waals surface area contributed by atoms with E-state index >= 15 is 0 Å². The Bertz CT molecular complexity index is 415. The Morgan fingerprint density at radius 2 is 2.16 bits per heavy atom. The van der Waals surface area contributed by atoms with Crippen LogP contribution in [0.5, 0.6) is 0 Å². The van der Waals surface area contributed by atoms with Gasteiger partial charge < -0.3 is 9.64 Å². The number of rotatable bonds is 4. The standard InChI is InChI=1S/C14H18BrNO2S/c1-11-8-16(9-12(7-15)18-11)14(17)10-19-13-5-3-2-4-6-13/h2-6,11-12H,7-10H2,1H3. The number of amides is 1. The Morgan fingerprint density at radius 1 is 1.42 bits per heavy atom. The topological polar surface area (TPSA) is 29.5 Å². The molecule has 0 saturated carbocycles. The lowest BCUT2D eigenvalue weighted by molar-refractivity contribution is -0.139. The summed E-state index contributed by atoms with van der Waals surface area (Å²) in [5.41, 5.74) is 0. The number of nitrogens with zero attached hydrogens (tertiary/aromatic N) is 1. The van der Waals surface area contributed by atoms with Gasteiger partial charge >= 0.3 is 0 Å². The predicted molar refractivity (Wildman–Crippen MR) is 81.9 cm³/mol. The van der Waals surface area contributed by atoms with E-state index in [9.17, 15) is 4.79 Å². The number of hydrogen-bond acceptors (Lipinski definition) is 3. The highest BCUT2D eigenvalue weighted by Crippen LogP contribution is 2.19. The highest BCUT2D eigenvalue weighted by Gasteiger charge is 2.27. The van der Waals surface area contributed by atoms with Crippen LogP contribution in [-0.4, -0.2) is 47.2 Å². The van der Waals surface area contributed by atoms with Crippen molar-refractivity contribution in [2.45, 2.75) is 24.0 Å². The summed E-state index contributed by atoms with van der Waals surface area (Å²) in [7, 11) is 0. The maximum Gasteiger partial charge on any atom is 0.233 e. The van der Waals surface area contributed by atoms with Crippen LogP contribution in [0.3, 0.4) is 0 Å². The van der Waals surface area contributed by atoms with Gasteiger partial charge in [-0.15, -0.1) is 11.8 Å². The number of ether oxygens (including phenoxy) is 1. The second kappa shape index (κ2) is 7.31. The molecule has 5 heteroatoms. The van der Waals surface area contributed by atoms with Gasteiger partial charge in [0.1, 0.15) is 0 Å². The molecule has 1 heterocycles. The van der Waals surface area contributed by atoms with E-state index in [1.807, 2.05) is 42.2 Å². The first-order chi connectivity index (χ1) is 9.19. The molecule has 0 bridgehead atoms. The molecule has 0 spiro atoms. The molecular weight excluding hydrogens is 326 g/mol. The zero-order valence-corrected chi connectivity index (χ0v) is 13.3. The van der Waals surface area contributed by atoms with Crippen LogP contribution in [0.4, 0.5) is 0 Å². The Kier molecular flexibility index (Phi) is 5.73. The molecular formula is C14H18BrNO2S. The number of alkyl halides is 1. The van der Waals surface area contributed by atoms with E-state index in [0.29, 0.717) is 18.8 Å². The Morgan fingerprint density at radius 3 is 2.84 bits per heavy atom. The van der Waals surface area contributed by atoms with Crippen molar-refractivity contribution >= 4 is 33.6 Å². The van der Waals surface area contributed by atoms with Gasteiger partial charge in [-0.3, -0.25) is 4.79 Å². The van der Waals surface area contributed by atoms with Crippen molar-refractivity contribution in [3.8, 4) is 0 Å². The maximum absolute atomic E-state index is 12.2. The maximum atomic E-state index is 12.2. The van der Waals surface area contributed by atoms with Crippen LogP contribution in [0, 0.1) is 0 Å². The zero-order chi connectivity index (χ0) is 13.7. The fourth-order valence-corrected chi connectivity index (χ4v) is 3.27. The summed E-state index contributed by atoms with van der Waals surface area (Å²) < 4.78 is 5.73. The van der Waals surface area contributed by atoms with Crippen molar-refractivity contribution in [2.24, 2.45) is 0 Å². The molecule has 1 aromatic rings. The largest absolute Gasteiger partial charge is 0.371 e. The third kappa shape index (κ3) is 4.51. The minimum Gasteiger partial charge on any atom is -0.371 e. The summed E-state index contributed by atoms with van der Waals surface area (Å²) in [6, 6.07) is 10.0. The van der Waals surface area contributed by atoms with Gasteiger partial charge in [0.2, 0.25) is 5.91 Å². The number of carbonyl (C=O) groups is 1. The third-order valence-electron chi connectivity index (χ3n) is 2.96. The fraction of sp³-hybridized carbons (Fsp3) is 0.500. The van der Waals surface area contributed by atoms with Crippen LogP contribution in [-0.2, 0) is 9.53 Å². The smallest absolute Gasteiger partial charge is 0.233 e. The van der Waals surface area contributed by atoms with E-state index in [-0.39, 0.29) is 18.1 Å². The molecule has 1 amide bonds. The summed E-state index contributed by atoms with van der Waals surface area (Å²) in [6.07, 6.45) is 0.219. The second-order valence-corrected chi connectivity index (χ2v) is 6.32. The van der Waals surface area contributed by atoms with Crippen molar-refractivity contribution in [3.63, 3.8) is 0 Å². The van der Waals surface area contributed by atoms with E-state index < -0.39 is 0 Å². The minimum absolute atomic E-state index is 0.106. The Labute approximate surface area is 126 Å². The lowest BCUT2D eigenvalue weighted by Crippen LogP contribution is -2.50. The molecule has 1 aliphatic rings. The molecule has 1 aliphatic heterocycles. The van der Waals surface area contributed by atoms with Crippen molar-refractivity contribution in [1.82, 2.24) is 4.90 Å². The Hall–Kier alpha value is -0.520. The van der Waals surface area contributed by atoms with Crippen molar-refractivity contribution in [2.75, 3.05) is 24.2 Å². The molecule has 0 aliphatic carbocycles. The van der Waals surface area contributed by atoms with Gasteiger partial charge in [-0.1, -0.05) is 34.1 Å². The summed E-state index contributed by atoms with van der Waals surface area (Å²) >= 11 is 5.01. The predicted octanol–water partition coefficient (Wildman–Crippen LogP) is 2.79. The van der Waals surface area contributed by atoms with Gasteiger partial charge in [0, 0.05) is 23.3 Å². The molecule has 0 N–H and O–H groups in total. The van der Waals surface area contributed by atoms with Crippen LogP contribution in [0.1, 0.15) is 6.92 Å². The van der Waals surface area contributed by atoms with Crippen LogP contribution >= 0.6 is 27.7 Å². The van der Waals surface area contributed by atoms with Crippen molar-refractivity contribution < 1.29 is 9.53 Å². The van der Waals surface area contributed by atoms with Gasteiger partial charge in [0.25, 0.3) is 0 Å². The minimum atomic E-state index is 0.106. The summed E-state index contributed by atoms with van der Waals surface area (Å²) in [5, 5.41) is 0.771. The molecule has 1 saturated heterocycles. The zero-order valence-electron chi connectivity index (χ0n) is 10.9. The van der Waals surface area contributed by atoms with E-state index in [4.69, 9.17) is 4.74 Å². The van der Waals surface area contributed by atoms with Gasteiger partial charge in [-0.2, -0.15) is 0 Å². The van der Waals surface area contributed by atoms with Crippen LogP contribution < -0.4 is 0 Å². The van der Waals surface area contributed by atoms with E-state index in [2.05, 4.69) is 15.9 Å². The molecule has 104 valence electrons. The van der Waals surface area contributed by atoms with E-state index in [0.717, 1.165) is 10.2 Å². The highest BCUT2D eigenvalue weighted by atomic mass is 79.9. The van der Waals surface area contributed by atoms with Gasteiger partial charge in [0.05, 0.1) is 18.0 Å². The van der Waals surface area contributed by atoms with Crippen molar-refractivity contribution in [1.29, 1.82) is 0 Å². The van der Waals surface area contributed by atoms with Crippen LogP contribution in [0.2, 0.25) is 0 Å². The van der Waals surface area contributed by atoms with E-state index in [1.54, 1.807) is 11.8 Å². The molecule has 2 atom stereocenters.